The molecule has 2 N–H and O–H groups in total. The summed E-state index contributed by atoms with van der Waals surface area (Å²) >= 11 is 7.16. The van der Waals surface area contributed by atoms with Crippen LogP contribution in [0, 0.1) is 0 Å². The second-order valence-electron chi connectivity index (χ2n) is 3.14. The van der Waals surface area contributed by atoms with Crippen LogP contribution in [0.5, 0.6) is 0 Å². The normalized spacial score (nSPS) is 14.1. The SMILES string of the molecule is CCC(CSC)NC(=O)NC(=O)C(C)Cl. The minimum Gasteiger partial charge on any atom is -0.334 e. The molecule has 0 aromatic heterocycles. The summed E-state index contributed by atoms with van der Waals surface area (Å²) in [6, 6.07) is -0.396. The van der Waals surface area contributed by atoms with Crippen LogP contribution < -0.4 is 10.6 Å². The molecule has 0 saturated heterocycles. The number of alkyl halides is 1. The Bertz CT molecular complexity index is 224. The zero-order valence-electron chi connectivity index (χ0n) is 9.17. The van der Waals surface area contributed by atoms with Crippen molar-refractivity contribution < 1.29 is 9.59 Å². The first-order valence-corrected chi connectivity index (χ1v) is 6.58. The molecule has 88 valence electrons. The van der Waals surface area contributed by atoms with Gasteiger partial charge in [0.25, 0.3) is 0 Å². The fraction of sp³-hybridized carbons (Fsp3) is 0.778. The lowest BCUT2D eigenvalue weighted by atomic mass is 10.3. The van der Waals surface area contributed by atoms with E-state index < -0.39 is 17.3 Å². The van der Waals surface area contributed by atoms with Crippen LogP contribution in [0.25, 0.3) is 0 Å². The van der Waals surface area contributed by atoms with E-state index in [0.717, 1.165) is 12.2 Å². The summed E-state index contributed by atoms with van der Waals surface area (Å²) in [6.45, 7) is 3.50. The van der Waals surface area contributed by atoms with Gasteiger partial charge in [0.2, 0.25) is 5.91 Å². The quantitative estimate of drug-likeness (QED) is 0.731. The molecule has 6 heteroatoms. The van der Waals surface area contributed by atoms with Crippen LogP contribution in [-0.2, 0) is 4.79 Å². The number of carbonyl (C=O) groups is 2. The largest absolute Gasteiger partial charge is 0.334 e. The number of amides is 3. The molecule has 0 aliphatic carbocycles. The van der Waals surface area contributed by atoms with Gasteiger partial charge in [-0.05, 0) is 19.6 Å². The van der Waals surface area contributed by atoms with Crippen molar-refractivity contribution in [2.45, 2.75) is 31.7 Å². The molecule has 2 atom stereocenters. The third-order valence-corrected chi connectivity index (χ3v) is 2.73. The molecular weight excluding hydrogens is 236 g/mol. The Morgan fingerprint density at radius 1 is 1.47 bits per heavy atom. The number of hydrogen-bond donors (Lipinski definition) is 2. The van der Waals surface area contributed by atoms with Gasteiger partial charge in [-0.2, -0.15) is 11.8 Å². The zero-order valence-corrected chi connectivity index (χ0v) is 10.7. The second-order valence-corrected chi connectivity index (χ2v) is 4.70. The Balaban J connectivity index is 3.95. The van der Waals surface area contributed by atoms with Crippen molar-refractivity contribution in [2.24, 2.45) is 0 Å². The van der Waals surface area contributed by atoms with Crippen LogP contribution in [-0.4, -0.2) is 35.4 Å². The number of thioether (sulfide) groups is 1. The van der Waals surface area contributed by atoms with Crippen molar-refractivity contribution in [3.05, 3.63) is 0 Å². The van der Waals surface area contributed by atoms with Crippen molar-refractivity contribution in [1.29, 1.82) is 0 Å². The average molecular weight is 253 g/mol. The Morgan fingerprint density at radius 3 is 2.47 bits per heavy atom. The van der Waals surface area contributed by atoms with E-state index in [0.29, 0.717) is 0 Å². The van der Waals surface area contributed by atoms with Gasteiger partial charge in [-0.15, -0.1) is 11.6 Å². The summed E-state index contributed by atoms with van der Waals surface area (Å²) in [5, 5.41) is 4.18. The van der Waals surface area contributed by atoms with Crippen LogP contribution in [0.2, 0.25) is 0 Å². The van der Waals surface area contributed by atoms with Crippen LogP contribution >= 0.6 is 23.4 Å². The van der Waals surface area contributed by atoms with E-state index in [1.165, 1.54) is 6.92 Å². The highest BCUT2D eigenvalue weighted by atomic mass is 35.5. The highest BCUT2D eigenvalue weighted by Crippen LogP contribution is 2.00. The smallest absolute Gasteiger partial charge is 0.321 e. The first-order chi connectivity index (χ1) is 7.01. The lowest BCUT2D eigenvalue weighted by molar-refractivity contribution is -0.119. The standard InChI is InChI=1S/C9H17ClN2O2S/c1-4-7(5-15-3)11-9(14)12-8(13)6(2)10/h6-7H,4-5H2,1-3H3,(H2,11,12,13,14). The number of imide groups is 1. The number of rotatable bonds is 5. The Labute approximate surface area is 99.5 Å². The van der Waals surface area contributed by atoms with E-state index in [4.69, 9.17) is 11.6 Å². The monoisotopic (exact) mass is 252 g/mol. The van der Waals surface area contributed by atoms with Crippen LogP contribution in [0.1, 0.15) is 20.3 Å². The minimum absolute atomic E-state index is 0.0819. The molecule has 0 aromatic carbocycles. The summed E-state index contributed by atoms with van der Waals surface area (Å²) in [6.07, 6.45) is 2.80. The molecule has 15 heavy (non-hydrogen) atoms. The number of hydrogen-bond acceptors (Lipinski definition) is 3. The van der Waals surface area contributed by atoms with Gasteiger partial charge >= 0.3 is 6.03 Å². The van der Waals surface area contributed by atoms with Crippen LogP contribution in [0.3, 0.4) is 0 Å². The van der Waals surface area contributed by atoms with Gasteiger partial charge in [0.1, 0.15) is 5.38 Å². The van der Waals surface area contributed by atoms with Crippen LogP contribution in [0.15, 0.2) is 0 Å². The number of carbonyl (C=O) groups excluding carboxylic acids is 2. The molecule has 0 bridgehead atoms. The van der Waals surface area contributed by atoms with Gasteiger partial charge in [0.15, 0.2) is 0 Å². The van der Waals surface area contributed by atoms with E-state index >= 15 is 0 Å². The molecule has 0 aliphatic heterocycles. The molecular formula is C9H17ClN2O2S. The number of nitrogens with one attached hydrogen (secondary N) is 2. The maximum Gasteiger partial charge on any atom is 0.321 e. The summed E-state index contributed by atoms with van der Waals surface area (Å²) in [5.74, 6) is 0.349. The summed E-state index contributed by atoms with van der Waals surface area (Å²) < 4.78 is 0. The molecule has 4 nitrogen and oxygen atoms in total. The van der Waals surface area contributed by atoms with E-state index in [9.17, 15) is 9.59 Å². The molecule has 3 amide bonds. The zero-order chi connectivity index (χ0) is 11.8. The average Bonchev–Trinajstić information content (AvgIpc) is 2.16. The molecule has 0 spiro atoms. The molecule has 0 aliphatic rings. The third-order valence-electron chi connectivity index (χ3n) is 1.79. The second kappa shape index (κ2) is 7.82. The first kappa shape index (κ1) is 14.6. The lowest BCUT2D eigenvalue weighted by Gasteiger charge is -2.16. The van der Waals surface area contributed by atoms with Gasteiger partial charge < -0.3 is 5.32 Å². The first-order valence-electron chi connectivity index (χ1n) is 4.75. The molecule has 0 rings (SSSR count). The number of urea groups is 1. The topological polar surface area (TPSA) is 58.2 Å². The molecule has 0 heterocycles. The third kappa shape index (κ3) is 6.62. The van der Waals surface area contributed by atoms with Gasteiger partial charge in [0, 0.05) is 11.8 Å². The number of halogens is 1. The highest BCUT2D eigenvalue weighted by molar-refractivity contribution is 7.98. The van der Waals surface area contributed by atoms with Crippen molar-refractivity contribution in [2.75, 3.05) is 12.0 Å². The fourth-order valence-corrected chi connectivity index (χ4v) is 1.67. The van der Waals surface area contributed by atoms with Gasteiger partial charge in [-0.1, -0.05) is 6.92 Å². The van der Waals surface area contributed by atoms with Gasteiger partial charge in [0.05, 0.1) is 0 Å². The van der Waals surface area contributed by atoms with Crippen LogP contribution in [0.4, 0.5) is 4.79 Å². The van der Waals surface area contributed by atoms with E-state index in [1.807, 2.05) is 13.2 Å². The summed E-state index contributed by atoms with van der Waals surface area (Å²) in [5.41, 5.74) is 0. The minimum atomic E-state index is -0.698. The Morgan fingerprint density at radius 2 is 2.07 bits per heavy atom. The van der Waals surface area contributed by atoms with E-state index in [-0.39, 0.29) is 6.04 Å². The maximum atomic E-state index is 11.3. The summed E-state index contributed by atoms with van der Waals surface area (Å²) in [4.78, 5) is 22.4. The lowest BCUT2D eigenvalue weighted by Crippen LogP contribution is -2.46. The molecule has 0 radical (unpaired) electrons. The Hall–Kier alpha value is -0.420. The molecule has 0 fully saturated rings. The van der Waals surface area contributed by atoms with Crippen molar-refractivity contribution in [3.63, 3.8) is 0 Å². The highest BCUT2D eigenvalue weighted by Gasteiger charge is 2.15. The van der Waals surface area contributed by atoms with Crippen molar-refractivity contribution >= 4 is 35.3 Å². The van der Waals surface area contributed by atoms with E-state index in [1.54, 1.807) is 11.8 Å². The maximum absolute atomic E-state index is 11.3. The fourth-order valence-electron chi connectivity index (χ4n) is 0.896. The predicted octanol–water partition coefficient (Wildman–Crippen LogP) is 1.58. The molecule has 2 unspecified atom stereocenters. The van der Waals surface area contributed by atoms with E-state index in [2.05, 4.69) is 10.6 Å². The van der Waals surface area contributed by atoms with Crippen molar-refractivity contribution in [1.82, 2.24) is 10.6 Å². The van der Waals surface area contributed by atoms with Crippen molar-refractivity contribution in [3.8, 4) is 0 Å². The Kier molecular flexibility index (Phi) is 7.60. The van der Waals surface area contributed by atoms with Gasteiger partial charge in [-0.25, -0.2) is 4.79 Å². The van der Waals surface area contributed by atoms with Gasteiger partial charge in [-0.3, -0.25) is 10.1 Å². The molecule has 0 saturated carbocycles. The summed E-state index contributed by atoms with van der Waals surface area (Å²) in [7, 11) is 0. The predicted molar refractivity (Wildman–Crippen MR) is 64.5 cm³/mol. The molecule has 0 aromatic rings.